The number of aromatic nitrogens is 3. The van der Waals surface area contributed by atoms with Crippen LogP contribution in [0.15, 0.2) is 22.1 Å². The topological polar surface area (TPSA) is 50.9 Å². The lowest BCUT2D eigenvalue weighted by atomic mass is 10.1. The zero-order valence-electron chi connectivity index (χ0n) is 9.51. The van der Waals surface area contributed by atoms with Gasteiger partial charge in [-0.15, -0.1) is 16.4 Å². The van der Waals surface area contributed by atoms with E-state index in [1.165, 1.54) is 4.88 Å². The third-order valence-electron chi connectivity index (χ3n) is 2.62. The van der Waals surface area contributed by atoms with Crippen molar-refractivity contribution in [1.82, 2.24) is 15.0 Å². The van der Waals surface area contributed by atoms with Crippen molar-refractivity contribution in [2.24, 2.45) is 7.05 Å². The van der Waals surface area contributed by atoms with Crippen molar-refractivity contribution < 1.29 is 5.11 Å². The molecule has 1 unspecified atom stereocenters. The molecule has 0 spiro atoms. The summed E-state index contributed by atoms with van der Waals surface area (Å²) in [6.07, 6.45) is 2.18. The summed E-state index contributed by atoms with van der Waals surface area (Å²) < 4.78 is 2.24. The highest BCUT2D eigenvalue weighted by Gasteiger charge is 2.17. The Morgan fingerprint density at radius 3 is 3.00 bits per heavy atom. The Hall–Kier alpha value is -0.720. The quantitative estimate of drug-likeness (QED) is 0.923. The molecule has 0 aliphatic rings. The molecule has 0 aliphatic carbocycles. The summed E-state index contributed by atoms with van der Waals surface area (Å²) in [6, 6.07) is 4.18. The predicted octanol–water partition coefficient (Wildman–Crippen LogP) is 2.70. The standard InChI is InChI=1S/C11H14BrN3OS/c1-15-10(11(12)13-14-15)9(16)6-2-4-8-5-3-7-17-8/h3,5,7,9,16H,2,4,6H2,1H3. The van der Waals surface area contributed by atoms with Crippen LogP contribution in [-0.2, 0) is 13.5 Å². The summed E-state index contributed by atoms with van der Waals surface area (Å²) in [4.78, 5) is 1.36. The van der Waals surface area contributed by atoms with Crippen molar-refractivity contribution in [2.75, 3.05) is 0 Å². The summed E-state index contributed by atoms with van der Waals surface area (Å²) in [5.41, 5.74) is 0.746. The highest BCUT2D eigenvalue weighted by molar-refractivity contribution is 9.10. The molecule has 0 saturated carbocycles. The second kappa shape index (κ2) is 5.75. The highest BCUT2D eigenvalue weighted by atomic mass is 79.9. The van der Waals surface area contributed by atoms with Crippen LogP contribution in [0.3, 0.4) is 0 Å². The van der Waals surface area contributed by atoms with Crippen LogP contribution in [-0.4, -0.2) is 20.1 Å². The van der Waals surface area contributed by atoms with Crippen molar-refractivity contribution in [3.63, 3.8) is 0 Å². The van der Waals surface area contributed by atoms with Gasteiger partial charge in [0.25, 0.3) is 0 Å². The van der Waals surface area contributed by atoms with Gasteiger partial charge in [0.1, 0.15) is 5.69 Å². The van der Waals surface area contributed by atoms with Crippen LogP contribution in [0.25, 0.3) is 0 Å². The number of aliphatic hydroxyl groups excluding tert-OH is 1. The molecule has 0 aliphatic heterocycles. The molecular formula is C11H14BrN3OS. The van der Waals surface area contributed by atoms with Crippen molar-refractivity contribution in [3.8, 4) is 0 Å². The predicted molar refractivity (Wildman–Crippen MR) is 70.9 cm³/mol. The van der Waals surface area contributed by atoms with Crippen molar-refractivity contribution in [3.05, 3.63) is 32.7 Å². The van der Waals surface area contributed by atoms with Gasteiger partial charge >= 0.3 is 0 Å². The number of aliphatic hydroxyl groups is 1. The van der Waals surface area contributed by atoms with E-state index in [9.17, 15) is 5.11 Å². The number of aryl methyl sites for hydroxylation is 2. The Morgan fingerprint density at radius 2 is 2.41 bits per heavy atom. The average molecular weight is 316 g/mol. The Kier molecular flexibility index (Phi) is 4.31. The van der Waals surface area contributed by atoms with E-state index in [1.54, 1.807) is 23.1 Å². The second-order valence-electron chi connectivity index (χ2n) is 3.88. The minimum atomic E-state index is -0.510. The third-order valence-corrected chi connectivity index (χ3v) is 4.12. The van der Waals surface area contributed by atoms with Crippen LogP contribution < -0.4 is 0 Å². The maximum Gasteiger partial charge on any atom is 0.154 e. The van der Waals surface area contributed by atoms with E-state index in [0.717, 1.165) is 25.0 Å². The molecule has 0 radical (unpaired) electrons. The fraction of sp³-hybridized carbons (Fsp3) is 0.455. The molecule has 2 aromatic heterocycles. The van der Waals surface area contributed by atoms with Gasteiger partial charge in [-0.25, -0.2) is 4.68 Å². The van der Waals surface area contributed by atoms with Crippen LogP contribution in [0.2, 0.25) is 0 Å². The maximum absolute atomic E-state index is 10.1. The first-order valence-corrected chi connectivity index (χ1v) is 7.11. The van der Waals surface area contributed by atoms with Crippen LogP contribution in [0.5, 0.6) is 0 Å². The van der Waals surface area contributed by atoms with E-state index in [2.05, 4.69) is 43.8 Å². The van der Waals surface area contributed by atoms with Crippen molar-refractivity contribution >= 4 is 27.3 Å². The molecule has 2 rings (SSSR count). The molecule has 0 saturated heterocycles. The largest absolute Gasteiger partial charge is 0.387 e. The molecule has 4 nitrogen and oxygen atoms in total. The lowest BCUT2D eigenvalue weighted by molar-refractivity contribution is 0.154. The summed E-state index contributed by atoms with van der Waals surface area (Å²) in [5, 5.41) is 19.9. The van der Waals surface area contributed by atoms with Crippen molar-refractivity contribution in [2.45, 2.75) is 25.4 Å². The van der Waals surface area contributed by atoms with Gasteiger partial charge in [0.05, 0.1) is 6.10 Å². The summed E-state index contributed by atoms with van der Waals surface area (Å²) >= 11 is 5.05. The summed E-state index contributed by atoms with van der Waals surface area (Å²) in [5.74, 6) is 0. The zero-order valence-corrected chi connectivity index (χ0v) is 11.9. The molecule has 17 heavy (non-hydrogen) atoms. The molecular weight excluding hydrogens is 302 g/mol. The fourth-order valence-electron chi connectivity index (χ4n) is 1.75. The Morgan fingerprint density at radius 1 is 1.59 bits per heavy atom. The van der Waals surface area contributed by atoms with Crippen LogP contribution in [0.1, 0.15) is 29.5 Å². The van der Waals surface area contributed by atoms with E-state index in [1.807, 2.05) is 0 Å². The highest BCUT2D eigenvalue weighted by Crippen LogP contribution is 2.25. The molecule has 92 valence electrons. The zero-order chi connectivity index (χ0) is 12.3. The lowest BCUT2D eigenvalue weighted by Gasteiger charge is -2.10. The van der Waals surface area contributed by atoms with Gasteiger partial charge < -0.3 is 5.11 Å². The van der Waals surface area contributed by atoms with Gasteiger partial charge in [0.15, 0.2) is 4.60 Å². The van der Waals surface area contributed by atoms with Gasteiger partial charge in [-0.1, -0.05) is 11.3 Å². The molecule has 0 bridgehead atoms. The minimum absolute atomic E-state index is 0.510. The Bertz CT molecular complexity index is 450. The van der Waals surface area contributed by atoms with Gasteiger partial charge in [0, 0.05) is 11.9 Å². The van der Waals surface area contributed by atoms with Gasteiger partial charge in [0.2, 0.25) is 0 Å². The molecule has 6 heteroatoms. The van der Waals surface area contributed by atoms with Crippen LogP contribution >= 0.6 is 27.3 Å². The molecule has 0 amide bonds. The number of hydrogen-bond donors (Lipinski definition) is 1. The fourth-order valence-corrected chi connectivity index (χ4v) is 3.10. The smallest absolute Gasteiger partial charge is 0.154 e. The van der Waals surface area contributed by atoms with E-state index in [0.29, 0.717) is 4.60 Å². The molecule has 2 aromatic rings. The van der Waals surface area contributed by atoms with Gasteiger partial charge in [-0.3, -0.25) is 0 Å². The van der Waals surface area contributed by atoms with E-state index < -0.39 is 6.10 Å². The first kappa shape index (κ1) is 12.7. The van der Waals surface area contributed by atoms with E-state index in [4.69, 9.17) is 0 Å². The summed E-state index contributed by atoms with van der Waals surface area (Å²) in [6.45, 7) is 0. The Balaban J connectivity index is 1.87. The first-order valence-electron chi connectivity index (χ1n) is 5.44. The summed E-state index contributed by atoms with van der Waals surface area (Å²) in [7, 11) is 1.79. The van der Waals surface area contributed by atoms with Crippen LogP contribution in [0, 0.1) is 0 Å². The van der Waals surface area contributed by atoms with E-state index >= 15 is 0 Å². The van der Waals surface area contributed by atoms with Crippen molar-refractivity contribution in [1.29, 1.82) is 0 Å². The number of hydrogen-bond acceptors (Lipinski definition) is 4. The Labute approximate surface area is 112 Å². The molecule has 1 atom stereocenters. The minimum Gasteiger partial charge on any atom is -0.387 e. The number of halogens is 1. The number of nitrogens with zero attached hydrogens (tertiary/aromatic N) is 3. The average Bonchev–Trinajstić information content (AvgIpc) is 2.89. The third kappa shape index (κ3) is 3.14. The maximum atomic E-state index is 10.1. The van der Waals surface area contributed by atoms with Gasteiger partial charge in [-0.05, 0) is 46.6 Å². The van der Waals surface area contributed by atoms with Crippen LogP contribution in [0.4, 0.5) is 0 Å². The first-order chi connectivity index (χ1) is 8.18. The normalized spacial score (nSPS) is 12.9. The van der Waals surface area contributed by atoms with E-state index in [-0.39, 0.29) is 0 Å². The number of rotatable bonds is 5. The van der Waals surface area contributed by atoms with Gasteiger partial charge in [-0.2, -0.15) is 0 Å². The molecule has 0 aromatic carbocycles. The second-order valence-corrected chi connectivity index (χ2v) is 5.66. The SMILES string of the molecule is Cn1nnc(Br)c1C(O)CCCc1cccs1. The number of thiophene rings is 1. The molecule has 1 N–H and O–H groups in total. The molecule has 0 fully saturated rings. The monoisotopic (exact) mass is 315 g/mol. The lowest BCUT2D eigenvalue weighted by Crippen LogP contribution is -2.06. The molecule has 2 heterocycles.